The lowest BCUT2D eigenvalue weighted by atomic mass is 10.2. The van der Waals surface area contributed by atoms with E-state index in [4.69, 9.17) is 4.74 Å². The number of carbonyl (C=O) groups is 2. The van der Waals surface area contributed by atoms with Gasteiger partial charge in [0, 0.05) is 23.7 Å². The van der Waals surface area contributed by atoms with Gasteiger partial charge >= 0.3 is 5.97 Å². The van der Waals surface area contributed by atoms with Gasteiger partial charge in [-0.1, -0.05) is 22.5 Å². The number of alkyl halides is 1. The molecule has 0 aliphatic rings. The van der Waals surface area contributed by atoms with E-state index in [2.05, 4.69) is 22.5 Å². The standard InChI is InChI=1S/C9H13BrO3/c1-7(2)9(12)13-6-4-8(11)3-5-10/h1,3-6H2,2H3. The Morgan fingerprint density at radius 1 is 1.38 bits per heavy atom. The van der Waals surface area contributed by atoms with Gasteiger partial charge in [-0.05, 0) is 6.92 Å². The third-order valence-electron chi connectivity index (χ3n) is 1.34. The second kappa shape index (κ2) is 6.83. The van der Waals surface area contributed by atoms with E-state index in [1.54, 1.807) is 6.92 Å². The van der Waals surface area contributed by atoms with E-state index in [-0.39, 0.29) is 18.8 Å². The molecule has 74 valence electrons. The number of hydrogen-bond donors (Lipinski definition) is 0. The van der Waals surface area contributed by atoms with Crippen LogP contribution in [0.25, 0.3) is 0 Å². The Bertz CT molecular complexity index is 211. The van der Waals surface area contributed by atoms with Gasteiger partial charge in [0.05, 0.1) is 6.61 Å². The van der Waals surface area contributed by atoms with Crippen LogP contribution in [0.2, 0.25) is 0 Å². The number of carbonyl (C=O) groups excluding carboxylic acids is 2. The van der Waals surface area contributed by atoms with E-state index in [9.17, 15) is 9.59 Å². The van der Waals surface area contributed by atoms with Gasteiger partial charge in [-0.25, -0.2) is 4.79 Å². The highest BCUT2D eigenvalue weighted by Gasteiger charge is 2.05. The summed E-state index contributed by atoms with van der Waals surface area (Å²) < 4.78 is 4.75. The Balaban J connectivity index is 3.50. The molecule has 0 rings (SSSR count). The first-order valence-corrected chi connectivity index (χ1v) is 5.10. The minimum Gasteiger partial charge on any atom is -0.462 e. The average molecular weight is 249 g/mol. The van der Waals surface area contributed by atoms with Gasteiger partial charge < -0.3 is 4.74 Å². The molecule has 13 heavy (non-hydrogen) atoms. The van der Waals surface area contributed by atoms with Crippen molar-refractivity contribution in [2.24, 2.45) is 0 Å². The fourth-order valence-corrected chi connectivity index (χ4v) is 1.05. The summed E-state index contributed by atoms with van der Waals surface area (Å²) in [6.45, 7) is 5.14. The van der Waals surface area contributed by atoms with Crippen molar-refractivity contribution in [2.45, 2.75) is 19.8 Å². The first-order valence-electron chi connectivity index (χ1n) is 3.98. The van der Waals surface area contributed by atoms with Crippen molar-refractivity contribution in [3.05, 3.63) is 12.2 Å². The van der Waals surface area contributed by atoms with Crippen LogP contribution in [0.15, 0.2) is 12.2 Å². The van der Waals surface area contributed by atoms with Crippen LogP contribution in [-0.2, 0) is 14.3 Å². The molecule has 0 amide bonds. The average Bonchev–Trinajstić information content (AvgIpc) is 2.04. The van der Waals surface area contributed by atoms with Crippen LogP contribution in [-0.4, -0.2) is 23.7 Å². The molecule has 0 aromatic carbocycles. The zero-order valence-electron chi connectivity index (χ0n) is 7.64. The molecular formula is C9H13BrO3. The second-order valence-electron chi connectivity index (χ2n) is 2.64. The summed E-state index contributed by atoms with van der Waals surface area (Å²) in [5.41, 5.74) is 0.355. The van der Waals surface area contributed by atoms with Crippen molar-refractivity contribution in [3.63, 3.8) is 0 Å². The summed E-state index contributed by atoms with van der Waals surface area (Å²) in [4.78, 5) is 21.8. The maximum atomic E-state index is 11.0. The Labute approximate surface area is 86.3 Å². The van der Waals surface area contributed by atoms with Crippen LogP contribution < -0.4 is 0 Å². The van der Waals surface area contributed by atoms with Crippen LogP contribution >= 0.6 is 15.9 Å². The number of ether oxygens (including phenoxy) is 1. The molecule has 0 N–H and O–H groups in total. The third-order valence-corrected chi connectivity index (χ3v) is 1.73. The summed E-state index contributed by atoms with van der Waals surface area (Å²) in [5.74, 6) is -0.349. The van der Waals surface area contributed by atoms with Gasteiger partial charge in [-0.3, -0.25) is 4.79 Å². The van der Waals surface area contributed by atoms with E-state index in [1.807, 2.05) is 0 Å². The van der Waals surface area contributed by atoms with Gasteiger partial charge in [-0.15, -0.1) is 0 Å². The van der Waals surface area contributed by atoms with E-state index in [0.29, 0.717) is 17.3 Å². The molecule has 0 saturated carbocycles. The maximum Gasteiger partial charge on any atom is 0.333 e. The zero-order chi connectivity index (χ0) is 10.3. The number of esters is 1. The van der Waals surface area contributed by atoms with E-state index < -0.39 is 5.97 Å². The summed E-state index contributed by atoms with van der Waals surface area (Å²) in [6, 6.07) is 0. The molecule has 0 aliphatic carbocycles. The Morgan fingerprint density at radius 2 is 2.00 bits per heavy atom. The highest BCUT2D eigenvalue weighted by molar-refractivity contribution is 9.09. The fraction of sp³-hybridized carbons (Fsp3) is 0.556. The van der Waals surface area contributed by atoms with E-state index in [1.165, 1.54) is 0 Å². The molecule has 0 unspecified atom stereocenters. The van der Waals surface area contributed by atoms with Crippen molar-refractivity contribution in [1.29, 1.82) is 0 Å². The predicted octanol–water partition coefficient (Wildman–Crippen LogP) is 1.85. The Morgan fingerprint density at radius 3 is 2.46 bits per heavy atom. The highest BCUT2D eigenvalue weighted by Crippen LogP contribution is 1.97. The molecule has 0 bridgehead atoms. The van der Waals surface area contributed by atoms with Gasteiger partial charge in [0.15, 0.2) is 0 Å². The minimum absolute atomic E-state index is 0.0893. The summed E-state index contributed by atoms with van der Waals surface area (Å²) in [7, 11) is 0. The van der Waals surface area contributed by atoms with E-state index >= 15 is 0 Å². The minimum atomic E-state index is -0.438. The molecule has 0 spiro atoms. The Kier molecular flexibility index (Phi) is 6.49. The molecule has 0 aliphatic heterocycles. The van der Waals surface area contributed by atoms with E-state index in [0.717, 1.165) is 0 Å². The first-order chi connectivity index (χ1) is 6.07. The SMILES string of the molecule is C=C(C)C(=O)OCCC(=O)CCBr. The molecule has 4 heteroatoms. The summed E-state index contributed by atoms with van der Waals surface area (Å²) in [6.07, 6.45) is 0.759. The lowest BCUT2D eigenvalue weighted by Crippen LogP contribution is -2.10. The van der Waals surface area contributed by atoms with Crippen molar-refractivity contribution >= 4 is 27.7 Å². The lowest BCUT2D eigenvalue weighted by Gasteiger charge is -2.02. The van der Waals surface area contributed by atoms with Crippen molar-refractivity contribution in [1.82, 2.24) is 0 Å². The quantitative estimate of drug-likeness (QED) is 0.410. The molecule has 0 aromatic rings. The van der Waals surface area contributed by atoms with Crippen LogP contribution in [0, 0.1) is 0 Å². The van der Waals surface area contributed by atoms with Crippen LogP contribution in [0.5, 0.6) is 0 Å². The highest BCUT2D eigenvalue weighted by atomic mass is 79.9. The van der Waals surface area contributed by atoms with Gasteiger partial charge in [0.1, 0.15) is 5.78 Å². The van der Waals surface area contributed by atoms with Crippen LogP contribution in [0.3, 0.4) is 0 Å². The molecule has 3 nitrogen and oxygen atoms in total. The Hall–Kier alpha value is -0.640. The van der Waals surface area contributed by atoms with Gasteiger partial charge in [-0.2, -0.15) is 0 Å². The predicted molar refractivity (Wildman–Crippen MR) is 53.8 cm³/mol. The number of hydrogen-bond acceptors (Lipinski definition) is 3. The molecular weight excluding hydrogens is 236 g/mol. The monoisotopic (exact) mass is 248 g/mol. The smallest absolute Gasteiger partial charge is 0.333 e. The van der Waals surface area contributed by atoms with Gasteiger partial charge in [0.2, 0.25) is 0 Å². The molecule has 0 heterocycles. The van der Waals surface area contributed by atoms with Crippen LogP contribution in [0.4, 0.5) is 0 Å². The second-order valence-corrected chi connectivity index (χ2v) is 3.44. The first kappa shape index (κ1) is 12.4. The molecule has 0 aromatic heterocycles. The zero-order valence-corrected chi connectivity index (χ0v) is 9.22. The van der Waals surface area contributed by atoms with Crippen molar-refractivity contribution in [2.75, 3.05) is 11.9 Å². The molecule has 0 fully saturated rings. The van der Waals surface area contributed by atoms with Crippen molar-refractivity contribution in [3.8, 4) is 0 Å². The summed E-state index contributed by atoms with van der Waals surface area (Å²) >= 11 is 3.15. The normalized spacial score (nSPS) is 9.38. The molecule has 0 saturated heterocycles. The maximum absolute atomic E-state index is 11.0. The number of ketones is 1. The molecule has 0 atom stereocenters. The third kappa shape index (κ3) is 6.51. The topological polar surface area (TPSA) is 43.4 Å². The summed E-state index contributed by atoms with van der Waals surface area (Å²) in [5, 5.41) is 0.653. The van der Waals surface area contributed by atoms with Crippen LogP contribution in [0.1, 0.15) is 19.8 Å². The van der Waals surface area contributed by atoms with Gasteiger partial charge in [0.25, 0.3) is 0 Å². The number of rotatable bonds is 6. The number of halogens is 1. The number of Topliss-reactive ketones (excluding diaryl/α,β-unsaturated/α-hetero) is 1. The van der Waals surface area contributed by atoms with Crippen molar-refractivity contribution < 1.29 is 14.3 Å². The largest absolute Gasteiger partial charge is 0.462 e. The molecule has 0 radical (unpaired) electrons. The lowest BCUT2D eigenvalue weighted by molar-refractivity contribution is -0.139. The fourth-order valence-electron chi connectivity index (χ4n) is 0.611.